The van der Waals surface area contributed by atoms with Gasteiger partial charge in [-0.25, -0.2) is 0 Å². The van der Waals surface area contributed by atoms with Crippen LogP contribution in [0.15, 0.2) is 0 Å². The zero-order valence-electron chi connectivity index (χ0n) is 12.6. The lowest BCUT2D eigenvalue weighted by molar-refractivity contribution is 0.0274. The molecule has 2 heteroatoms. The molecule has 1 heterocycles. The van der Waals surface area contributed by atoms with E-state index in [9.17, 15) is 0 Å². The highest BCUT2D eigenvalue weighted by atomic mass is 15.2. The van der Waals surface area contributed by atoms with E-state index in [4.69, 9.17) is 0 Å². The van der Waals surface area contributed by atoms with Gasteiger partial charge in [-0.3, -0.25) is 4.90 Å². The molecule has 2 nitrogen and oxygen atoms in total. The van der Waals surface area contributed by atoms with Crippen LogP contribution in [0.25, 0.3) is 0 Å². The molecule has 3 aliphatic rings. The summed E-state index contributed by atoms with van der Waals surface area (Å²) in [4.78, 5) is 3.02. The SMILES string of the molecule is C1CCC(N(C2CCCCC2)C2CCCNC2)CC1. The Labute approximate surface area is 119 Å². The van der Waals surface area contributed by atoms with Gasteiger partial charge in [-0.05, 0) is 45.1 Å². The first-order valence-corrected chi connectivity index (χ1v) is 8.93. The van der Waals surface area contributed by atoms with Crippen LogP contribution >= 0.6 is 0 Å². The Hall–Kier alpha value is -0.0800. The van der Waals surface area contributed by atoms with Crippen LogP contribution in [0.1, 0.15) is 77.0 Å². The lowest BCUT2D eigenvalue weighted by atomic mass is 9.86. The summed E-state index contributed by atoms with van der Waals surface area (Å²) < 4.78 is 0. The zero-order valence-corrected chi connectivity index (χ0v) is 12.6. The molecule has 19 heavy (non-hydrogen) atoms. The molecule has 0 aromatic rings. The molecular weight excluding hydrogens is 232 g/mol. The van der Waals surface area contributed by atoms with E-state index in [1.165, 1.54) is 90.1 Å². The summed E-state index contributed by atoms with van der Waals surface area (Å²) in [6.45, 7) is 2.51. The maximum Gasteiger partial charge on any atom is 0.0226 e. The van der Waals surface area contributed by atoms with E-state index < -0.39 is 0 Å². The highest BCUT2D eigenvalue weighted by Gasteiger charge is 2.34. The Morgan fingerprint density at radius 2 is 1.11 bits per heavy atom. The van der Waals surface area contributed by atoms with Crippen molar-refractivity contribution in [3.05, 3.63) is 0 Å². The Kier molecular flexibility index (Phi) is 5.17. The fourth-order valence-electron chi connectivity index (χ4n) is 4.74. The van der Waals surface area contributed by atoms with E-state index >= 15 is 0 Å². The van der Waals surface area contributed by atoms with Gasteiger partial charge in [0.15, 0.2) is 0 Å². The van der Waals surface area contributed by atoms with Crippen LogP contribution in [-0.4, -0.2) is 36.1 Å². The second-order valence-electron chi connectivity index (χ2n) is 7.03. The third-order valence-corrected chi connectivity index (χ3v) is 5.69. The quantitative estimate of drug-likeness (QED) is 0.836. The lowest BCUT2D eigenvalue weighted by Crippen LogP contribution is -2.55. The maximum absolute atomic E-state index is 3.65. The van der Waals surface area contributed by atoms with Gasteiger partial charge in [0.1, 0.15) is 0 Å². The first kappa shape index (κ1) is 13.9. The van der Waals surface area contributed by atoms with Crippen molar-refractivity contribution in [1.82, 2.24) is 10.2 Å². The molecule has 1 saturated heterocycles. The van der Waals surface area contributed by atoms with E-state index in [0.717, 1.165) is 18.1 Å². The number of piperidine rings is 1. The summed E-state index contributed by atoms with van der Waals surface area (Å²) in [5, 5.41) is 3.65. The minimum atomic E-state index is 0.847. The maximum atomic E-state index is 3.65. The van der Waals surface area contributed by atoms with Crippen LogP contribution in [0, 0.1) is 0 Å². The second kappa shape index (κ2) is 7.08. The fraction of sp³-hybridized carbons (Fsp3) is 1.00. The Morgan fingerprint density at radius 3 is 1.58 bits per heavy atom. The average molecular weight is 264 g/mol. The van der Waals surface area contributed by atoms with Gasteiger partial charge >= 0.3 is 0 Å². The van der Waals surface area contributed by atoms with Crippen molar-refractivity contribution < 1.29 is 0 Å². The molecule has 110 valence electrons. The summed E-state index contributed by atoms with van der Waals surface area (Å²) in [5.41, 5.74) is 0. The van der Waals surface area contributed by atoms with Crippen molar-refractivity contribution in [3.63, 3.8) is 0 Å². The summed E-state index contributed by atoms with van der Waals surface area (Å²) in [5.74, 6) is 0. The van der Waals surface area contributed by atoms with Gasteiger partial charge in [0.25, 0.3) is 0 Å². The summed E-state index contributed by atoms with van der Waals surface area (Å²) in [6, 6.07) is 2.68. The van der Waals surface area contributed by atoms with Crippen molar-refractivity contribution >= 4 is 0 Å². The number of nitrogens with zero attached hydrogens (tertiary/aromatic N) is 1. The van der Waals surface area contributed by atoms with Crippen LogP contribution in [0.3, 0.4) is 0 Å². The molecule has 3 fully saturated rings. The molecule has 1 aliphatic heterocycles. The summed E-state index contributed by atoms with van der Waals surface area (Å²) in [7, 11) is 0. The van der Waals surface area contributed by atoms with E-state index in [0.29, 0.717) is 0 Å². The first-order valence-electron chi connectivity index (χ1n) is 8.93. The standard InChI is InChI=1S/C17H32N2/c1-3-8-15(9-4-1)19(16-10-5-2-6-11-16)17-12-7-13-18-14-17/h15-18H,1-14H2. The molecular formula is C17H32N2. The normalized spacial score (nSPS) is 31.7. The molecule has 0 aromatic heterocycles. The van der Waals surface area contributed by atoms with E-state index in [-0.39, 0.29) is 0 Å². The van der Waals surface area contributed by atoms with Gasteiger partial charge in [0.05, 0.1) is 0 Å². The van der Waals surface area contributed by atoms with Crippen molar-refractivity contribution in [2.45, 2.75) is 95.2 Å². The molecule has 1 atom stereocenters. The zero-order chi connectivity index (χ0) is 12.9. The summed E-state index contributed by atoms with van der Waals surface area (Å²) >= 11 is 0. The van der Waals surface area contributed by atoms with Gasteiger partial charge < -0.3 is 5.32 Å². The number of hydrogen-bond acceptors (Lipinski definition) is 2. The molecule has 0 amide bonds. The topological polar surface area (TPSA) is 15.3 Å². The lowest BCUT2D eigenvalue weighted by Gasteiger charge is -2.47. The first-order chi connectivity index (χ1) is 9.45. The Balaban J connectivity index is 1.68. The third kappa shape index (κ3) is 3.52. The number of nitrogens with one attached hydrogen (secondary N) is 1. The Morgan fingerprint density at radius 1 is 0.579 bits per heavy atom. The van der Waals surface area contributed by atoms with Gasteiger partial charge in [-0.1, -0.05) is 38.5 Å². The summed E-state index contributed by atoms with van der Waals surface area (Å²) in [6.07, 6.45) is 17.6. The molecule has 0 aromatic carbocycles. The fourth-order valence-corrected chi connectivity index (χ4v) is 4.74. The highest BCUT2D eigenvalue weighted by Crippen LogP contribution is 2.33. The minimum absolute atomic E-state index is 0.847. The monoisotopic (exact) mass is 264 g/mol. The van der Waals surface area contributed by atoms with Crippen molar-refractivity contribution in [3.8, 4) is 0 Å². The smallest absolute Gasteiger partial charge is 0.0226 e. The van der Waals surface area contributed by atoms with Gasteiger partial charge in [-0.15, -0.1) is 0 Å². The molecule has 1 N–H and O–H groups in total. The molecule has 0 bridgehead atoms. The van der Waals surface area contributed by atoms with E-state index in [2.05, 4.69) is 10.2 Å². The van der Waals surface area contributed by atoms with Crippen LogP contribution < -0.4 is 5.32 Å². The molecule has 1 unspecified atom stereocenters. The van der Waals surface area contributed by atoms with Gasteiger partial charge in [-0.2, -0.15) is 0 Å². The number of rotatable bonds is 3. The molecule has 2 aliphatic carbocycles. The molecule has 0 radical (unpaired) electrons. The van der Waals surface area contributed by atoms with Crippen molar-refractivity contribution in [2.75, 3.05) is 13.1 Å². The van der Waals surface area contributed by atoms with Crippen LogP contribution in [0.5, 0.6) is 0 Å². The average Bonchev–Trinajstić information content (AvgIpc) is 2.51. The minimum Gasteiger partial charge on any atom is -0.315 e. The largest absolute Gasteiger partial charge is 0.315 e. The third-order valence-electron chi connectivity index (χ3n) is 5.69. The predicted octanol–water partition coefficient (Wildman–Crippen LogP) is 3.71. The molecule has 2 saturated carbocycles. The van der Waals surface area contributed by atoms with Crippen molar-refractivity contribution in [2.24, 2.45) is 0 Å². The molecule has 0 spiro atoms. The second-order valence-corrected chi connectivity index (χ2v) is 7.03. The van der Waals surface area contributed by atoms with E-state index in [1.54, 1.807) is 0 Å². The van der Waals surface area contributed by atoms with Crippen LogP contribution in [0.4, 0.5) is 0 Å². The van der Waals surface area contributed by atoms with E-state index in [1.807, 2.05) is 0 Å². The van der Waals surface area contributed by atoms with Gasteiger partial charge in [0, 0.05) is 24.7 Å². The van der Waals surface area contributed by atoms with Crippen LogP contribution in [0.2, 0.25) is 0 Å². The number of hydrogen-bond donors (Lipinski definition) is 1. The Bertz CT molecular complexity index is 205. The van der Waals surface area contributed by atoms with Crippen molar-refractivity contribution in [1.29, 1.82) is 0 Å². The van der Waals surface area contributed by atoms with Gasteiger partial charge in [0.2, 0.25) is 0 Å². The predicted molar refractivity (Wildman–Crippen MR) is 81.5 cm³/mol. The highest BCUT2D eigenvalue weighted by molar-refractivity contribution is 4.90. The van der Waals surface area contributed by atoms with Crippen LogP contribution in [-0.2, 0) is 0 Å². The molecule has 3 rings (SSSR count).